The molecule has 230 valence electrons. The molecule has 6 nitrogen and oxygen atoms in total. The summed E-state index contributed by atoms with van der Waals surface area (Å²) in [5.74, 6) is -1.16. The minimum absolute atomic E-state index is 0.0691. The fourth-order valence-electron chi connectivity index (χ4n) is 5.13. The van der Waals surface area contributed by atoms with Crippen LogP contribution in [0.15, 0.2) is 30.0 Å². The van der Waals surface area contributed by atoms with Crippen LogP contribution in [0, 0.1) is 12.0 Å². The number of hydrogen-bond donors (Lipinski definition) is 2. The Hall–Kier alpha value is -2.81. The van der Waals surface area contributed by atoms with E-state index in [1.165, 1.54) is 96.0 Å². The van der Waals surface area contributed by atoms with Crippen LogP contribution in [0.1, 0.15) is 136 Å². The predicted molar refractivity (Wildman–Crippen MR) is 173 cm³/mol. The van der Waals surface area contributed by atoms with Crippen molar-refractivity contribution in [3.63, 3.8) is 0 Å². The molecular weight excluding hydrogens is 510 g/mol. The van der Waals surface area contributed by atoms with Crippen molar-refractivity contribution in [2.45, 2.75) is 130 Å². The maximum atomic E-state index is 13.0. The van der Waals surface area contributed by atoms with Crippen molar-refractivity contribution >= 4 is 23.6 Å². The Morgan fingerprint density at radius 1 is 0.829 bits per heavy atom. The molecule has 0 saturated heterocycles. The van der Waals surface area contributed by atoms with E-state index >= 15 is 0 Å². The second-order valence-electron chi connectivity index (χ2n) is 12.0. The van der Waals surface area contributed by atoms with Crippen LogP contribution in [-0.2, 0) is 9.59 Å². The molecular formula is C35H57N3O3. The number of nitrogens with one attached hydrogen (secondary N) is 1. The Kier molecular flexibility index (Phi) is 19.3. The summed E-state index contributed by atoms with van der Waals surface area (Å²) >= 11 is 0. The highest BCUT2D eigenvalue weighted by atomic mass is 16.4. The summed E-state index contributed by atoms with van der Waals surface area (Å²) in [6, 6.07) is 7.42. The zero-order chi connectivity index (χ0) is 30.3. The summed E-state index contributed by atoms with van der Waals surface area (Å²) in [6.45, 7) is 17.3. The Morgan fingerprint density at radius 2 is 1.29 bits per heavy atom. The van der Waals surface area contributed by atoms with Gasteiger partial charge in [-0.2, -0.15) is 0 Å². The molecule has 0 unspecified atom stereocenters. The normalized spacial score (nSPS) is 11.7. The number of amides is 1. The minimum atomic E-state index is -1.23. The zero-order valence-electron chi connectivity index (χ0n) is 26.5. The van der Waals surface area contributed by atoms with Gasteiger partial charge >= 0.3 is 5.97 Å². The minimum Gasteiger partial charge on any atom is -0.486 e. The molecule has 1 aromatic carbocycles. The van der Waals surface area contributed by atoms with E-state index in [0.717, 1.165) is 31.6 Å². The molecule has 0 aromatic heterocycles. The molecule has 6 heteroatoms. The second-order valence-corrected chi connectivity index (χ2v) is 12.0. The number of anilines is 1. The molecule has 0 aliphatic rings. The third-order valence-corrected chi connectivity index (χ3v) is 7.80. The second kappa shape index (κ2) is 21.9. The van der Waals surface area contributed by atoms with Gasteiger partial charge in [-0.3, -0.25) is 9.59 Å². The Labute approximate surface area is 250 Å². The number of rotatable bonds is 24. The van der Waals surface area contributed by atoms with Crippen molar-refractivity contribution in [2.75, 3.05) is 24.5 Å². The summed E-state index contributed by atoms with van der Waals surface area (Å²) < 4.78 is 0. The SMILES string of the molecule is [C-]#[N+]/C(=C/c1ccc(N(CC)CC(C)(C)C(=O)NCCCCCCCCCCCCCCCCCC)cc1)C(=O)O. The highest BCUT2D eigenvalue weighted by Crippen LogP contribution is 2.24. The van der Waals surface area contributed by atoms with E-state index < -0.39 is 11.4 Å². The van der Waals surface area contributed by atoms with Crippen LogP contribution in [0.25, 0.3) is 10.9 Å². The zero-order valence-corrected chi connectivity index (χ0v) is 26.5. The van der Waals surface area contributed by atoms with Crippen LogP contribution < -0.4 is 10.2 Å². The number of hydrogen-bond acceptors (Lipinski definition) is 3. The fourth-order valence-corrected chi connectivity index (χ4v) is 5.13. The molecule has 0 aliphatic carbocycles. The topological polar surface area (TPSA) is 74.0 Å². The number of carbonyl (C=O) groups excluding carboxylic acids is 1. The predicted octanol–water partition coefficient (Wildman–Crippen LogP) is 9.26. The number of nitrogens with zero attached hydrogens (tertiary/aromatic N) is 2. The lowest BCUT2D eigenvalue weighted by Gasteiger charge is -2.32. The first-order chi connectivity index (χ1) is 19.7. The number of aliphatic carboxylic acids is 1. The van der Waals surface area contributed by atoms with E-state index in [1.54, 1.807) is 12.1 Å². The van der Waals surface area contributed by atoms with Crippen LogP contribution in [0.5, 0.6) is 0 Å². The lowest BCUT2D eigenvalue weighted by Crippen LogP contribution is -2.45. The van der Waals surface area contributed by atoms with E-state index in [2.05, 4.69) is 28.9 Å². The smallest absolute Gasteiger partial charge is 0.333 e. The van der Waals surface area contributed by atoms with Crippen LogP contribution in [-0.4, -0.2) is 36.6 Å². The third kappa shape index (κ3) is 16.3. The van der Waals surface area contributed by atoms with Crippen molar-refractivity contribution < 1.29 is 14.7 Å². The van der Waals surface area contributed by atoms with Gasteiger partial charge in [0.2, 0.25) is 5.91 Å². The first kappa shape index (κ1) is 36.2. The van der Waals surface area contributed by atoms with Gasteiger partial charge in [0.15, 0.2) is 0 Å². The van der Waals surface area contributed by atoms with E-state index in [0.29, 0.717) is 12.1 Å². The molecule has 0 heterocycles. The van der Waals surface area contributed by atoms with Gasteiger partial charge in [-0.15, -0.1) is 0 Å². The molecule has 1 aromatic rings. The van der Waals surface area contributed by atoms with Gasteiger partial charge < -0.3 is 15.3 Å². The number of carboxylic acids is 1. The van der Waals surface area contributed by atoms with E-state index in [9.17, 15) is 9.59 Å². The van der Waals surface area contributed by atoms with Gasteiger partial charge in [0.05, 0.1) is 12.0 Å². The lowest BCUT2D eigenvalue weighted by atomic mass is 9.91. The van der Waals surface area contributed by atoms with Gasteiger partial charge in [-0.05, 0) is 51.0 Å². The van der Waals surface area contributed by atoms with Gasteiger partial charge in [0.1, 0.15) is 0 Å². The Balaban J connectivity index is 2.21. The standard InChI is InChI=1S/C35H57N3O3/c1-6-8-9-10-11-12-13-14-15-16-17-18-19-20-21-22-27-37-34(41)35(3,4)29-38(7-2)31-25-23-30(24-26-31)28-32(36-5)33(39)40/h23-26,28H,6-22,27,29H2,1-4H3,(H,37,41)(H,39,40)/b32-28+. The van der Waals surface area contributed by atoms with Crippen molar-refractivity contribution in [2.24, 2.45) is 5.41 Å². The molecule has 2 N–H and O–H groups in total. The lowest BCUT2D eigenvalue weighted by molar-refractivity contribution is -0.132. The van der Waals surface area contributed by atoms with E-state index in [-0.39, 0.29) is 11.6 Å². The molecule has 1 amide bonds. The van der Waals surface area contributed by atoms with Crippen LogP contribution in [0.4, 0.5) is 5.69 Å². The van der Waals surface area contributed by atoms with Gasteiger partial charge in [-0.25, -0.2) is 4.85 Å². The molecule has 0 aliphatic heterocycles. The van der Waals surface area contributed by atoms with Crippen molar-refractivity contribution in [3.05, 3.63) is 46.9 Å². The number of carboxylic acid groups (broad SMARTS) is 1. The summed E-state index contributed by atoms with van der Waals surface area (Å²) in [7, 11) is 0. The molecule has 1 rings (SSSR count). The number of unbranched alkanes of at least 4 members (excludes halogenated alkanes) is 15. The maximum Gasteiger partial charge on any atom is 0.333 e. The number of benzene rings is 1. The van der Waals surface area contributed by atoms with Gasteiger partial charge in [0, 0.05) is 25.3 Å². The monoisotopic (exact) mass is 567 g/mol. The Morgan fingerprint density at radius 3 is 1.71 bits per heavy atom. The molecule has 0 saturated carbocycles. The molecule has 0 fully saturated rings. The van der Waals surface area contributed by atoms with E-state index in [1.807, 2.05) is 26.0 Å². The van der Waals surface area contributed by atoms with Crippen LogP contribution in [0.3, 0.4) is 0 Å². The number of carbonyl (C=O) groups is 2. The van der Waals surface area contributed by atoms with Gasteiger partial charge in [-0.1, -0.05) is 115 Å². The molecule has 0 atom stereocenters. The highest BCUT2D eigenvalue weighted by molar-refractivity contribution is 5.94. The van der Waals surface area contributed by atoms with Crippen molar-refractivity contribution in [1.29, 1.82) is 0 Å². The molecule has 0 spiro atoms. The quantitative estimate of drug-likeness (QED) is 0.0741. The molecule has 41 heavy (non-hydrogen) atoms. The third-order valence-electron chi connectivity index (χ3n) is 7.80. The maximum absolute atomic E-state index is 13.0. The average molecular weight is 568 g/mol. The summed E-state index contributed by atoms with van der Waals surface area (Å²) in [5.41, 5.74) is 0.758. The molecule has 0 bridgehead atoms. The average Bonchev–Trinajstić information content (AvgIpc) is 2.96. The highest BCUT2D eigenvalue weighted by Gasteiger charge is 2.29. The fraction of sp³-hybridized carbons (Fsp3) is 0.686. The molecule has 0 radical (unpaired) electrons. The van der Waals surface area contributed by atoms with Crippen molar-refractivity contribution in [1.82, 2.24) is 5.32 Å². The van der Waals surface area contributed by atoms with Crippen LogP contribution in [0.2, 0.25) is 0 Å². The van der Waals surface area contributed by atoms with Crippen molar-refractivity contribution in [3.8, 4) is 0 Å². The first-order valence-electron chi connectivity index (χ1n) is 16.2. The Bertz CT molecular complexity index is 931. The first-order valence-corrected chi connectivity index (χ1v) is 16.2. The van der Waals surface area contributed by atoms with E-state index in [4.69, 9.17) is 11.7 Å². The van der Waals surface area contributed by atoms with Gasteiger partial charge in [0.25, 0.3) is 5.70 Å². The summed E-state index contributed by atoms with van der Waals surface area (Å²) in [6.07, 6.45) is 22.8. The van der Waals surface area contributed by atoms with Crippen LogP contribution >= 0.6 is 0 Å². The largest absolute Gasteiger partial charge is 0.486 e. The summed E-state index contributed by atoms with van der Waals surface area (Å²) in [4.78, 5) is 29.2. The summed E-state index contributed by atoms with van der Waals surface area (Å²) in [5, 5.41) is 12.2.